The summed E-state index contributed by atoms with van der Waals surface area (Å²) in [5.41, 5.74) is 0.478. The molecule has 126 valence electrons. The highest BCUT2D eigenvalue weighted by Gasteiger charge is 2.56. The first-order valence-corrected chi connectivity index (χ1v) is 7.49. The van der Waals surface area contributed by atoms with Crippen LogP contribution < -0.4 is 4.74 Å². The number of nitro groups is 2. The molecule has 8 heteroatoms. The van der Waals surface area contributed by atoms with Crippen molar-refractivity contribution >= 4 is 0 Å². The van der Waals surface area contributed by atoms with E-state index in [1.807, 2.05) is 0 Å². The van der Waals surface area contributed by atoms with Crippen LogP contribution in [0.3, 0.4) is 0 Å². The molecule has 1 aromatic rings. The molecule has 0 saturated heterocycles. The van der Waals surface area contributed by atoms with Crippen LogP contribution >= 0.6 is 0 Å². The highest BCUT2D eigenvalue weighted by atomic mass is 16.6. The summed E-state index contributed by atoms with van der Waals surface area (Å²) in [5, 5.41) is 33.2. The van der Waals surface area contributed by atoms with Crippen LogP contribution in [0, 0.1) is 26.1 Å². The lowest BCUT2D eigenvalue weighted by atomic mass is 9.69. The molecule has 1 aromatic carbocycles. The van der Waals surface area contributed by atoms with Gasteiger partial charge in [-0.3, -0.25) is 20.2 Å². The second-order valence-electron chi connectivity index (χ2n) is 5.82. The smallest absolute Gasteiger partial charge is 0.251 e. The van der Waals surface area contributed by atoms with E-state index in [1.54, 1.807) is 31.2 Å². The molecule has 1 aliphatic rings. The Kier molecular flexibility index (Phi) is 5.15. The van der Waals surface area contributed by atoms with Crippen molar-refractivity contribution < 1.29 is 19.7 Å². The molecule has 1 N–H and O–H groups in total. The topological polar surface area (TPSA) is 116 Å². The molecule has 0 aliphatic heterocycles. The summed E-state index contributed by atoms with van der Waals surface area (Å²) in [6.07, 6.45) is -0.640. The van der Waals surface area contributed by atoms with Crippen LogP contribution in [0.4, 0.5) is 0 Å². The van der Waals surface area contributed by atoms with Crippen LogP contribution in [0.5, 0.6) is 5.75 Å². The molecule has 5 atom stereocenters. The van der Waals surface area contributed by atoms with Gasteiger partial charge in [0.05, 0.1) is 7.11 Å². The van der Waals surface area contributed by atoms with Crippen LogP contribution in [-0.2, 0) is 0 Å². The van der Waals surface area contributed by atoms with Gasteiger partial charge in [0.25, 0.3) is 6.04 Å². The highest BCUT2D eigenvalue weighted by molar-refractivity contribution is 5.31. The van der Waals surface area contributed by atoms with Crippen molar-refractivity contribution in [3.63, 3.8) is 0 Å². The average molecular weight is 324 g/mol. The number of nitrogens with zero attached hydrogens (tertiary/aromatic N) is 2. The van der Waals surface area contributed by atoms with Gasteiger partial charge in [-0.15, -0.1) is 0 Å². The molecule has 0 radical (unpaired) electrons. The van der Waals surface area contributed by atoms with E-state index in [0.717, 1.165) is 0 Å². The molecule has 0 heterocycles. The maximum Gasteiger partial charge on any atom is 0.251 e. The lowest BCUT2D eigenvalue weighted by molar-refractivity contribution is -0.588. The molecule has 0 spiro atoms. The molecule has 2 rings (SSSR count). The quantitative estimate of drug-likeness (QED) is 0.653. The molecule has 0 amide bonds. The average Bonchev–Trinajstić information content (AvgIpc) is 2.53. The van der Waals surface area contributed by atoms with E-state index in [1.165, 1.54) is 7.11 Å². The van der Waals surface area contributed by atoms with Gasteiger partial charge in [0.2, 0.25) is 6.04 Å². The van der Waals surface area contributed by atoms with Crippen molar-refractivity contribution in [1.29, 1.82) is 0 Å². The molecule has 8 nitrogen and oxygen atoms in total. The number of rotatable bonds is 5. The first-order valence-electron chi connectivity index (χ1n) is 7.49. The van der Waals surface area contributed by atoms with Crippen molar-refractivity contribution in [3.8, 4) is 5.75 Å². The standard InChI is InChI=1S/C15H20N2O6/c1-3-9-8-12(18)15(17(21)22)13(14(9)16(19)20)10-4-6-11(23-2)7-5-10/h4-7,9,12-15,18H,3,8H2,1-2H3/t9-,12-,13-,14-,15-/m1/s1. The fraction of sp³-hybridized carbons (Fsp3) is 0.600. The Morgan fingerprint density at radius 1 is 1.17 bits per heavy atom. The number of aliphatic hydroxyl groups excluding tert-OH is 1. The third kappa shape index (κ3) is 3.26. The summed E-state index contributed by atoms with van der Waals surface area (Å²) >= 11 is 0. The first-order chi connectivity index (χ1) is 10.9. The van der Waals surface area contributed by atoms with E-state index in [2.05, 4.69) is 0 Å². The molecular formula is C15H20N2O6. The van der Waals surface area contributed by atoms with Crippen LogP contribution in [0.2, 0.25) is 0 Å². The first kappa shape index (κ1) is 17.1. The Balaban J connectivity index is 2.51. The molecule has 0 aromatic heterocycles. The minimum Gasteiger partial charge on any atom is -0.497 e. The summed E-state index contributed by atoms with van der Waals surface area (Å²) < 4.78 is 5.05. The fourth-order valence-corrected chi connectivity index (χ4v) is 3.53. The van der Waals surface area contributed by atoms with Gasteiger partial charge in [-0.2, -0.15) is 0 Å². The van der Waals surface area contributed by atoms with Crippen LogP contribution in [-0.4, -0.2) is 40.3 Å². The zero-order valence-electron chi connectivity index (χ0n) is 13.0. The Bertz CT molecular complexity index is 576. The lowest BCUT2D eigenvalue weighted by Gasteiger charge is -2.36. The van der Waals surface area contributed by atoms with Gasteiger partial charge in [0, 0.05) is 15.8 Å². The molecular weight excluding hydrogens is 304 g/mol. The Morgan fingerprint density at radius 3 is 2.17 bits per heavy atom. The van der Waals surface area contributed by atoms with Gasteiger partial charge >= 0.3 is 0 Å². The monoisotopic (exact) mass is 324 g/mol. The minimum absolute atomic E-state index is 0.0699. The highest BCUT2D eigenvalue weighted by Crippen LogP contribution is 2.41. The van der Waals surface area contributed by atoms with Crippen molar-refractivity contribution in [2.24, 2.45) is 5.92 Å². The van der Waals surface area contributed by atoms with Crippen molar-refractivity contribution in [1.82, 2.24) is 0 Å². The number of methoxy groups -OCH3 is 1. The largest absolute Gasteiger partial charge is 0.497 e. The predicted molar refractivity (Wildman–Crippen MR) is 81.7 cm³/mol. The van der Waals surface area contributed by atoms with Gasteiger partial charge < -0.3 is 9.84 Å². The van der Waals surface area contributed by atoms with Crippen LogP contribution in [0.1, 0.15) is 31.2 Å². The third-order valence-electron chi connectivity index (χ3n) is 4.67. The van der Waals surface area contributed by atoms with Crippen molar-refractivity contribution in [2.45, 2.75) is 43.9 Å². The second-order valence-corrected chi connectivity index (χ2v) is 5.82. The fourth-order valence-electron chi connectivity index (χ4n) is 3.53. The van der Waals surface area contributed by atoms with E-state index < -0.39 is 39.9 Å². The summed E-state index contributed by atoms with van der Waals surface area (Å²) in [6, 6.07) is 3.95. The molecule has 1 fully saturated rings. The Hall–Kier alpha value is -2.22. The zero-order valence-corrected chi connectivity index (χ0v) is 13.0. The summed E-state index contributed by atoms with van der Waals surface area (Å²) in [4.78, 5) is 22.0. The molecule has 1 aliphatic carbocycles. The van der Waals surface area contributed by atoms with Gasteiger partial charge in [-0.25, -0.2) is 0 Å². The molecule has 0 unspecified atom stereocenters. The maximum absolute atomic E-state index is 11.6. The number of benzene rings is 1. The van der Waals surface area contributed by atoms with Crippen molar-refractivity contribution in [3.05, 3.63) is 50.1 Å². The Labute approximate surface area is 133 Å². The van der Waals surface area contributed by atoms with Crippen LogP contribution in [0.25, 0.3) is 0 Å². The van der Waals surface area contributed by atoms with Gasteiger partial charge in [0.1, 0.15) is 17.8 Å². The maximum atomic E-state index is 11.6. The number of hydrogen-bond donors (Lipinski definition) is 1. The Morgan fingerprint density at radius 2 is 1.74 bits per heavy atom. The number of ether oxygens (including phenoxy) is 1. The number of aliphatic hydroxyl groups is 1. The summed E-state index contributed by atoms with van der Waals surface area (Å²) in [5.74, 6) is -0.810. The SMILES string of the molecule is CC[C@@H]1C[C@@H](O)[C@@H]([N+](=O)[O-])[C@H](c2ccc(OC)cc2)[C@@H]1[N+](=O)[O-]. The lowest BCUT2D eigenvalue weighted by Crippen LogP contribution is -2.54. The molecule has 0 bridgehead atoms. The van der Waals surface area contributed by atoms with Gasteiger partial charge in [0.15, 0.2) is 0 Å². The van der Waals surface area contributed by atoms with E-state index in [0.29, 0.717) is 17.7 Å². The summed E-state index contributed by atoms with van der Waals surface area (Å²) in [6.45, 7) is 1.80. The normalized spacial score (nSPS) is 30.7. The van der Waals surface area contributed by atoms with Crippen LogP contribution in [0.15, 0.2) is 24.3 Å². The van der Waals surface area contributed by atoms with Gasteiger partial charge in [-0.1, -0.05) is 19.1 Å². The zero-order chi connectivity index (χ0) is 17.1. The third-order valence-corrected chi connectivity index (χ3v) is 4.67. The minimum atomic E-state index is -1.39. The number of hydrogen-bond acceptors (Lipinski definition) is 6. The van der Waals surface area contributed by atoms with E-state index in [-0.39, 0.29) is 6.42 Å². The second kappa shape index (κ2) is 6.91. The summed E-state index contributed by atoms with van der Waals surface area (Å²) in [7, 11) is 1.49. The van der Waals surface area contributed by atoms with E-state index in [4.69, 9.17) is 4.74 Å². The molecule has 1 saturated carbocycles. The molecule has 23 heavy (non-hydrogen) atoms. The van der Waals surface area contributed by atoms with E-state index in [9.17, 15) is 25.3 Å². The predicted octanol–water partition coefficient (Wildman–Crippen LogP) is 1.86. The van der Waals surface area contributed by atoms with Gasteiger partial charge in [-0.05, 0) is 30.5 Å². The van der Waals surface area contributed by atoms with Crippen molar-refractivity contribution in [2.75, 3.05) is 7.11 Å². The van der Waals surface area contributed by atoms with E-state index >= 15 is 0 Å².